The Bertz CT molecular complexity index is 636. The van der Waals surface area contributed by atoms with Crippen molar-refractivity contribution in [2.24, 2.45) is 0 Å². The molecule has 0 bridgehead atoms. The minimum absolute atomic E-state index is 0.00507. The fourth-order valence-electron chi connectivity index (χ4n) is 2.57. The van der Waals surface area contributed by atoms with Crippen LogP contribution in [0.5, 0.6) is 11.5 Å². The van der Waals surface area contributed by atoms with Gasteiger partial charge in [-0.1, -0.05) is 29.8 Å². The largest absolute Gasteiger partial charge is 0.493 e. The molecular formula is C18H20O3. The average Bonchev–Trinajstić information content (AvgIpc) is 2.44. The van der Waals surface area contributed by atoms with E-state index in [9.17, 15) is 4.79 Å². The molecule has 0 aromatic heterocycles. The first-order valence-electron chi connectivity index (χ1n) is 6.89. The quantitative estimate of drug-likeness (QED) is 0.782. The molecule has 0 aliphatic heterocycles. The molecule has 0 N–H and O–H groups in total. The minimum atomic E-state index is -0.0177. The van der Waals surface area contributed by atoms with E-state index in [0.29, 0.717) is 11.5 Å². The van der Waals surface area contributed by atoms with Crippen molar-refractivity contribution in [3.8, 4) is 11.5 Å². The van der Waals surface area contributed by atoms with Gasteiger partial charge in [0.1, 0.15) is 0 Å². The van der Waals surface area contributed by atoms with Gasteiger partial charge in [-0.05, 0) is 44.0 Å². The minimum Gasteiger partial charge on any atom is -0.493 e. The smallest absolute Gasteiger partial charge is 0.200 e. The number of para-hydroxylation sites is 2. The summed E-state index contributed by atoms with van der Waals surface area (Å²) in [4.78, 5) is 12.4. The standard InChI is InChI=1S/C18H20O3/c1-12-9-13(2)18(14(3)10-12)15(19)11-21-17-8-6-5-7-16(17)20-4/h5-10H,11H2,1-4H3. The molecule has 2 rings (SSSR count). The van der Waals surface area contributed by atoms with Crippen LogP contribution < -0.4 is 9.47 Å². The normalized spacial score (nSPS) is 10.3. The van der Waals surface area contributed by atoms with Gasteiger partial charge in [-0.2, -0.15) is 0 Å². The molecule has 110 valence electrons. The number of benzene rings is 2. The number of Topliss-reactive ketones (excluding diaryl/α,β-unsaturated/α-hetero) is 1. The van der Waals surface area contributed by atoms with Gasteiger partial charge in [0.05, 0.1) is 7.11 Å². The number of rotatable bonds is 5. The van der Waals surface area contributed by atoms with Crippen molar-refractivity contribution >= 4 is 5.78 Å². The summed E-state index contributed by atoms with van der Waals surface area (Å²) < 4.78 is 10.8. The van der Waals surface area contributed by atoms with Crippen molar-refractivity contribution in [2.75, 3.05) is 13.7 Å². The third kappa shape index (κ3) is 3.43. The van der Waals surface area contributed by atoms with Gasteiger partial charge in [-0.3, -0.25) is 4.79 Å². The number of methoxy groups -OCH3 is 1. The van der Waals surface area contributed by atoms with Gasteiger partial charge >= 0.3 is 0 Å². The average molecular weight is 284 g/mol. The predicted molar refractivity (Wildman–Crippen MR) is 83.5 cm³/mol. The molecule has 2 aromatic carbocycles. The summed E-state index contributed by atoms with van der Waals surface area (Å²) in [6.07, 6.45) is 0. The molecule has 0 fully saturated rings. The molecular weight excluding hydrogens is 264 g/mol. The number of carbonyl (C=O) groups is 1. The first-order chi connectivity index (χ1) is 10.0. The van der Waals surface area contributed by atoms with Crippen molar-refractivity contribution in [3.05, 3.63) is 58.7 Å². The molecule has 0 atom stereocenters. The summed E-state index contributed by atoms with van der Waals surface area (Å²) in [5.74, 6) is 1.19. The topological polar surface area (TPSA) is 35.5 Å². The van der Waals surface area contributed by atoms with Crippen LogP contribution in [-0.4, -0.2) is 19.5 Å². The number of ketones is 1. The summed E-state index contributed by atoms with van der Waals surface area (Å²) in [5, 5.41) is 0. The van der Waals surface area contributed by atoms with Crippen molar-refractivity contribution in [1.29, 1.82) is 0 Å². The molecule has 21 heavy (non-hydrogen) atoms. The van der Waals surface area contributed by atoms with Crippen molar-refractivity contribution in [3.63, 3.8) is 0 Å². The fraction of sp³-hybridized carbons (Fsp3) is 0.278. The zero-order valence-electron chi connectivity index (χ0n) is 12.9. The van der Waals surface area contributed by atoms with E-state index in [1.165, 1.54) is 0 Å². The Balaban J connectivity index is 2.16. The summed E-state index contributed by atoms with van der Waals surface area (Å²) in [6.45, 7) is 5.94. The Morgan fingerprint density at radius 3 is 2.14 bits per heavy atom. The molecule has 0 amide bonds. The van der Waals surface area contributed by atoms with Crippen LogP contribution in [0, 0.1) is 20.8 Å². The highest BCUT2D eigenvalue weighted by molar-refractivity contribution is 6.00. The van der Waals surface area contributed by atoms with Gasteiger partial charge in [0.25, 0.3) is 0 Å². The highest BCUT2D eigenvalue weighted by Gasteiger charge is 2.14. The van der Waals surface area contributed by atoms with E-state index in [0.717, 1.165) is 22.3 Å². The van der Waals surface area contributed by atoms with Crippen LogP contribution in [0.3, 0.4) is 0 Å². The summed E-state index contributed by atoms with van der Waals surface area (Å²) in [6, 6.07) is 11.3. The Labute approximate surface area is 125 Å². The predicted octanol–water partition coefficient (Wildman–Crippen LogP) is 3.88. The van der Waals surface area contributed by atoms with E-state index >= 15 is 0 Å². The van der Waals surface area contributed by atoms with Crippen molar-refractivity contribution < 1.29 is 14.3 Å². The molecule has 3 heteroatoms. The lowest BCUT2D eigenvalue weighted by atomic mass is 9.97. The van der Waals surface area contributed by atoms with E-state index in [-0.39, 0.29) is 12.4 Å². The number of hydrogen-bond acceptors (Lipinski definition) is 3. The Kier molecular flexibility index (Phi) is 4.63. The van der Waals surface area contributed by atoms with E-state index in [2.05, 4.69) is 0 Å². The molecule has 0 saturated heterocycles. The second kappa shape index (κ2) is 6.44. The molecule has 0 unspecified atom stereocenters. The summed E-state index contributed by atoms with van der Waals surface area (Å²) in [7, 11) is 1.58. The molecule has 0 aliphatic carbocycles. The maximum atomic E-state index is 12.4. The van der Waals surface area contributed by atoms with E-state index in [1.54, 1.807) is 13.2 Å². The van der Waals surface area contributed by atoms with E-state index < -0.39 is 0 Å². The van der Waals surface area contributed by atoms with Crippen LogP contribution in [0.25, 0.3) is 0 Å². The van der Waals surface area contributed by atoms with Crippen molar-refractivity contribution in [2.45, 2.75) is 20.8 Å². The Morgan fingerprint density at radius 1 is 1.00 bits per heavy atom. The number of hydrogen-bond donors (Lipinski definition) is 0. The van der Waals surface area contributed by atoms with Gasteiger partial charge in [-0.15, -0.1) is 0 Å². The first-order valence-corrected chi connectivity index (χ1v) is 6.89. The summed E-state index contributed by atoms with van der Waals surface area (Å²) in [5.41, 5.74) is 3.88. The summed E-state index contributed by atoms with van der Waals surface area (Å²) >= 11 is 0. The molecule has 0 saturated carbocycles. The van der Waals surface area contributed by atoms with Gasteiger partial charge < -0.3 is 9.47 Å². The number of ether oxygens (including phenoxy) is 2. The van der Waals surface area contributed by atoms with Crippen LogP contribution in [0.1, 0.15) is 27.0 Å². The van der Waals surface area contributed by atoms with Crippen LogP contribution in [0.15, 0.2) is 36.4 Å². The maximum Gasteiger partial charge on any atom is 0.200 e. The highest BCUT2D eigenvalue weighted by Crippen LogP contribution is 2.26. The maximum absolute atomic E-state index is 12.4. The van der Waals surface area contributed by atoms with Crippen molar-refractivity contribution in [1.82, 2.24) is 0 Å². The molecule has 0 radical (unpaired) electrons. The lowest BCUT2D eigenvalue weighted by Gasteiger charge is -2.12. The van der Waals surface area contributed by atoms with Gasteiger partial charge in [0, 0.05) is 5.56 Å². The molecule has 3 nitrogen and oxygen atoms in total. The third-order valence-corrected chi connectivity index (χ3v) is 3.38. The van der Waals surface area contributed by atoms with Crippen LogP contribution >= 0.6 is 0 Å². The van der Waals surface area contributed by atoms with Gasteiger partial charge in [0.2, 0.25) is 5.78 Å². The lowest BCUT2D eigenvalue weighted by molar-refractivity contribution is 0.0918. The molecule has 2 aromatic rings. The van der Waals surface area contributed by atoms with Crippen LogP contribution in [0.4, 0.5) is 0 Å². The SMILES string of the molecule is COc1ccccc1OCC(=O)c1c(C)cc(C)cc1C. The molecule has 0 spiro atoms. The van der Waals surface area contributed by atoms with Crippen LogP contribution in [-0.2, 0) is 0 Å². The van der Waals surface area contributed by atoms with Gasteiger partial charge in [-0.25, -0.2) is 0 Å². The lowest BCUT2D eigenvalue weighted by Crippen LogP contribution is -2.15. The van der Waals surface area contributed by atoms with E-state index in [4.69, 9.17) is 9.47 Å². The van der Waals surface area contributed by atoms with Crippen LogP contribution in [0.2, 0.25) is 0 Å². The number of aryl methyl sites for hydroxylation is 3. The molecule has 0 aliphatic rings. The third-order valence-electron chi connectivity index (χ3n) is 3.38. The highest BCUT2D eigenvalue weighted by atomic mass is 16.5. The Morgan fingerprint density at radius 2 is 1.57 bits per heavy atom. The van der Waals surface area contributed by atoms with E-state index in [1.807, 2.05) is 51.1 Å². The second-order valence-electron chi connectivity index (χ2n) is 5.14. The first kappa shape index (κ1) is 15.1. The van der Waals surface area contributed by atoms with Gasteiger partial charge in [0.15, 0.2) is 18.1 Å². The zero-order chi connectivity index (χ0) is 15.4. The zero-order valence-corrected chi connectivity index (χ0v) is 12.9. The monoisotopic (exact) mass is 284 g/mol. The number of carbonyl (C=O) groups excluding carboxylic acids is 1. The second-order valence-corrected chi connectivity index (χ2v) is 5.14. The molecule has 0 heterocycles. The fourth-order valence-corrected chi connectivity index (χ4v) is 2.57. The Hall–Kier alpha value is -2.29.